The van der Waals surface area contributed by atoms with Crippen molar-refractivity contribution in [1.82, 2.24) is 0 Å². The Balaban J connectivity index is 1.92. The van der Waals surface area contributed by atoms with Crippen LogP contribution in [0.4, 0.5) is 5.88 Å². The molecule has 0 bridgehead atoms. The van der Waals surface area contributed by atoms with Crippen molar-refractivity contribution in [3.05, 3.63) is 59.7 Å². The molecule has 0 atom stereocenters. The van der Waals surface area contributed by atoms with E-state index in [1.807, 2.05) is 6.92 Å². The maximum Gasteiger partial charge on any atom is 0.341 e. The molecule has 1 aromatic heterocycles. The van der Waals surface area contributed by atoms with E-state index in [-0.39, 0.29) is 16.3 Å². The third-order valence-corrected chi connectivity index (χ3v) is 4.52. The van der Waals surface area contributed by atoms with Gasteiger partial charge in [0.2, 0.25) is 5.88 Å². The van der Waals surface area contributed by atoms with Crippen molar-refractivity contribution < 1.29 is 27.0 Å². The summed E-state index contributed by atoms with van der Waals surface area (Å²) in [6, 6.07) is 12.5. The molecular weight excluding hydrogens is 334 g/mol. The Morgan fingerprint density at radius 3 is 2.46 bits per heavy atom. The number of anilines is 1. The fourth-order valence-electron chi connectivity index (χ4n) is 2.18. The predicted molar refractivity (Wildman–Crippen MR) is 86.2 cm³/mol. The lowest BCUT2D eigenvalue weighted by Gasteiger charge is -2.06. The topological polar surface area (TPSA) is 106 Å². The van der Waals surface area contributed by atoms with E-state index in [0.29, 0.717) is 11.0 Å². The second-order valence-corrected chi connectivity index (χ2v) is 6.61. The van der Waals surface area contributed by atoms with Crippen LogP contribution < -0.4 is 5.48 Å². The standard InChI is InChI=1S/C16H13NO6S/c1-10-6-8-11(9-7-10)24(20,21)23-17-15-14(16(18)19)12-4-2-3-5-13(12)22-15/h2-9,17H,1H3,(H,18,19). The highest BCUT2D eigenvalue weighted by Gasteiger charge is 2.23. The summed E-state index contributed by atoms with van der Waals surface area (Å²) in [6.45, 7) is 1.82. The molecule has 0 radical (unpaired) electrons. The van der Waals surface area contributed by atoms with Crippen molar-refractivity contribution in [3.8, 4) is 0 Å². The minimum Gasteiger partial charge on any atom is -0.477 e. The molecule has 2 N–H and O–H groups in total. The van der Waals surface area contributed by atoms with Crippen molar-refractivity contribution in [3.63, 3.8) is 0 Å². The van der Waals surface area contributed by atoms with Crippen LogP contribution in [0.15, 0.2) is 57.8 Å². The number of rotatable bonds is 5. The highest BCUT2D eigenvalue weighted by Crippen LogP contribution is 2.30. The monoisotopic (exact) mass is 347 g/mol. The van der Waals surface area contributed by atoms with Crippen molar-refractivity contribution in [2.45, 2.75) is 11.8 Å². The van der Waals surface area contributed by atoms with E-state index < -0.39 is 16.1 Å². The Hall–Kier alpha value is -2.84. The Kier molecular flexibility index (Phi) is 4.00. The Bertz CT molecular complexity index is 1000. The second-order valence-electron chi connectivity index (χ2n) is 5.06. The molecule has 3 rings (SSSR count). The quantitative estimate of drug-likeness (QED) is 0.683. The number of carboxylic acids is 1. The average molecular weight is 347 g/mol. The maximum absolute atomic E-state index is 12.1. The Morgan fingerprint density at radius 2 is 1.79 bits per heavy atom. The molecule has 0 spiro atoms. The first-order valence-corrected chi connectivity index (χ1v) is 8.30. The number of carboxylic acid groups (broad SMARTS) is 1. The number of furan rings is 1. The lowest BCUT2D eigenvalue weighted by molar-refractivity contribution is 0.0698. The SMILES string of the molecule is Cc1ccc(S(=O)(=O)ONc2oc3ccccc3c2C(=O)O)cc1. The maximum atomic E-state index is 12.1. The number of para-hydroxylation sites is 1. The van der Waals surface area contributed by atoms with E-state index >= 15 is 0 Å². The summed E-state index contributed by atoms with van der Waals surface area (Å²) in [6.07, 6.45) is 0. The Labute approximate surface area is 137 Å². The molecule has 2 aromatic carbocycles. The van der Waals surface area contributed by atoms with Crippen molar-refractivity contribution >= 4 is 32.9 Å². The van der Waals surface area contributed by atoms with Crippen LogP contribution >= 0.6 is 0 Å². The first-order chi connectivity index (χ1) is 11.4. The van der Waals surface area contributed by atoms with Crippen molar-refractivity contribution in [1.29, 1.82) is 0 Å². The van der Waals surface area contributed by atoms with Gasteiger partial charge in [-0.15, -0.1) is 4.28 Å². The molecule has 24 heavy (non-hydrogen) atoms. The summed E-state index contributed by atoms with van der Waals surface area (Å²) in [7, 11) is -4.12. The number of nitrogens with one attached hydrogen (secondary N) is 1. The zero-order valence-corrected chi connectivity index (χ0v) is 13.3. The normalized spacial score (nSPS) is 11.5. The largest absolute Gasteiger partial charge is 0.477 e. The molecule has 0 saturated carbocycles. The smallest absolute Gasteiger partial charge is 0.341 e. The van der Waals surface area contributed by atoms with Gasteiger partial charge >= 0.3 is 16.1 Å². The highest BCUT2D eigenvalue weighted by molar-refractivity contribution is 7.86. The molecule has 124 valence electrons. The van der Waals surface area contributed by atoms with Gasteiger partial charge in [0, 0.05) is 5.39 Å². The van der Waals surface area contributed by atoms with Crippen molar-refractivity contribution in [2.24, 2.45) is 0 Å². The zero-order valence-electron chi connectivity index (χ0n) is 12.5. The number of hydrogen-bond donors (Lipinski definition) is 2. The highest BCUT2D eigenvalue weighted by atomic mass is 32.2. The molecule has 7 nitrogen and oxygen atoms in total. The van der Waals surface area contributed by atoms with Crippen LogP contribution in [-0.2, 0) is 14.4 Å². The summed E-state index contributed by atoms with van der Waals surface area (Å²) in [5.74, 6) is -1.56. The number of aromatic carboxylic acids is 1. The summed E-state index contributed by atoms with van der Waals surface area (Å²) >= 11 is 0. The third-order valence-electron chi connectivity index (χ3n) is 3.36. The lowest BCUT2D eigenvalue weighted by Crippen LogP contribution is -2.13. The van der Waals surface area contributed by atoms with Crippen molar-refractivity contribution in [2.75, 3.05) is 5.48 Å². The molecule has 8 heteroatoms. The molecular formula is C16H13NO6S. The number of fused-ring (bicyclic) bond motifs is 1. The molecule has 3 aromatic rings. The van der Waals surface area contributed by atoms with Gasteiger partial charge in [0.05, 0.1) is 4.90 Å². The van der Waals surface area contributed by atoms with Crippen LogP contribution in [0.25, 0.3) is 11.0 Å². The molecule has 0 unspecified atom stereocenters. The molecule has 0 aliphatic heterocycles. The second kappa shape index (κ2) is 5.99. The van der Waals surface area contributed by atoms with Crippen LogP contribution in [0.1, 0.15) is 15.9 Å². The number of aryl methyl sites for hydroxylation is 1. The van der Waals surface area contributed by atoms with Gasteiger partial charge in [0.1, 0.15) is 11.1 Å². The van der Waals surface area contributed by atoms with Crippen LogP contribution in [0.5, 0.6) is 0 Å². The predicted octanol–water partition coefficient (Wildman–Crippen LogP) is 3.17. The van der Waals surface area contributed by atoms with Crippen LogP contribution in [0, 0.1) is 6.92 Å². The van der Waals surface area contributed by atoms with E-state index in [1.54, 1.807) is 36.4 Å². The summed E-state index contributed by atoms with van der Waals surface area (Å²) in [4.78, 5) is 11.4. The van der Waals surface area contributed by atoms with E-state index in [9.17, 15) is 18.3 Å². The van der Waals surface area contributed by atoms with E-state index in [2.05, 4.69) is 5.48 Å². The first kappa shape index (κ1) is 16.0. The molecule has 0 aliphatic carbocycles. The molecule has 0 aliphatic rings. The molecule has 0 fully saturated rings. The third kappa shape index (κ3) is 2.97. The van der Waals surface area contributed by atoms with E-state index in [0.717, 1.165) is 5.56 Å². The number of benzene rings is 2. The summed E-state index contributed by atoms with van der Waals surface area (Å²) < 4.78 is 34.3. The van der Waals surface area contributed by atoms with Gasteiger partial charge in [-0.3, -0.25) is 0 Å². The molecule has 0 saturated heterocycles. The zero-order chi connectivity index (χ0) is 17.3. The molecule has 1 heterocycles. The van der Waals surface area contributed by atoms with E-state index in [4.69, 9.17) is 8.70 Å². The lowest BCUT2D eigenvalue weighted by atomic mass is 10.2. The van der Waals surface area contributed by atoms with Gasteiger partial charge in [-0.05, 0) is 25.1 Å². The van der Waals surface area contributed by atoms with E-state index in [1.165, 1.54) is 12.1 Å². The fraction of sp³-hybridized carbons (Fsp3) is 0.0625. The van der Waals surface area contributed by atoms with Gasteiger partial charge in [-0.2, -0.15) is 8.42 Å². The minimum absolute atomic E-state index is 0.0615. The number of hydrogen-bond acceptors (Lipinski definition) is 6. The average Bonchev–Trinajstić information content (AvgIpc) is 2.92. The van der Waals surface area contributed by atoms with Gasteiger partial charge in [-0.25, -0.2) is 10.3 Å². The van der Waals surface area contributed by atoms with Crippen LogP contribution in [-0.4, -0.2) is 19.5 Å². The fourth-order valence-corrected chi connectivity index (χ4v) is 2.93. The summed E-state index contributed by atoms with van der Waals surface area (Å²) in [5, 5.41) is 9.66. The van der Waals surface area contributed by atoms with Crippen LogP contribution in [0.2, 0.25) is 0 Å². The first-order valence-electron chi connectivity index (χ1n) is 6.89. The molecule has 0 amide bonds. The van der Waals surface area contributed by atoms with Gasteiger partial charge in [0.25, 0.3) is 0 Å². The van der Waals surface area contributed by atoms with Gasteiger partial charge in [-0.1, -0.05) is 35.9 Å². The van der Waals surface area contributed by atoms with Gasteiger partial charge < -0.3 is 9.52 Å². The van der Waals surface area contributed by atoms with Crippen LogP contribution in [0.3, 0.4) is 0 Å². The summed E-state index contributed by atoms with van der Waals surface area (Å²) in [5.41, 5.74) is 3.09. The number of carbonyl (C=O) groups is 1. The Morgan fingerprint density at radius 1 is 1.12 bits per heavy atom. The van der Waals surface area contributed by atoms with Gasteiger partial charge in [0.15, 0.2) is 0 Å². The minimum atomic E-state index is -4.12.